The Morgan fingerprint density at radius 3 is 2.57 bits per heavy atom. The summed E-state index contributed by atoms with van der Waals surface area (Å²) in [7, 11) is 0. The van der Waals surface area contributed by atoms with Crippen LogP contribution in [0.5, 0.6) is 0 Å². The minimum Gasteiger partial charge on any atom is -0.465 e. The maximum absolute atomic E-state index is 12.0. The van der Waals surface area contributed by atoms with Crippen molar-refractivity contribution in [1.82, 2.24) is 0 Å². The molecule has 0 aliphatic rings. The summed E-state index contributed by atoms with van der Waals surface area (Å²) in [6.45, 7) is 1.46. The normalized spacial score (nSPS) is 12.1. The van der Waals surface area contributed by atoms with Gasteiger partial charge >= 0.3 is 5.97 Å². The molecule has 0 bridgehead atoms. The zero-order valence-electron chi connectivity index (χ0n) is 12.1. The van der Waals surface area contributed by atoms with E-state index in [2.05, 4.69) is 5.32 Å². The first-order chi connectivity index (χ1) is 10.9. The monoisotopic (exact) mass is 353 g/mol. The molecule has 0 spiro atoms. The Balaban J connectivity index is 1.90. The third kappa shape index (κ3) is 5.47. The highest BCUT2D eigenvalue weighted by Gasteiger charge is 2.17. The predicted octanol–water partition coefficient (Wildman–Crippen LogP) is 4.17. The van der Waals surface area contributed by atoms with Crippen molar-refractivity contribution >= 4 is 46.8 Å². The number of furan rings is 1. The fourth-order valence-electron chi connectivity index (χ4n) is 1.67. The molecule has 1 amide bonds. The second-order valence-corrected chi connectivity index (χ2v) is 5.45. The van der Waals surface area contributed by atoms with Gasteiger partial charge in [-0.3, -0.25) is 4.79 Å². The summed E-state index contributed by atoms with van der Waals surface area (Å²) in [6, 6.07) is 8.00. The number of hydrogen-bond acceptors (Lipinski definition) is 4. The van der Waals surface area contributed by atoms with Gasteiger partial charge in [-0.05, 0) is 43.3 Å². The molecule has 1 aromatic heterocycles. The molecule has 1 unspecified atom stereocenters. The zero-order valence-corrected chi connectivity index (χ0v) is 13.6. The van der Waals surface area contributed by atoms with E-state index in [4.69, 9.17) is 32.4 Å². The van der Waals surface area contributed by atoms with Crippen LogP contribution in [0.15, 0.2) is 47.1 Å². The van der Waals surface area contributed by atoms with Gasteiger partial charge in [-0.15, -0.1) is 0 Å². The maximum atomic E-state index is 12.0. The van der Waals surface area contributed by atoms with Crippen LogP contribution >= 0.6 is 23.2 Å². The van der Waals surface area contributed by atoms with E-state index >= 15 is 0 Å². The molecule has 1 N–H and O–H groups in total. The van der Waals surface area contributed by atoms with Crippen LogP contribution in [-0.2, 0) is 14.3 Å². The summed E-state index contributed by atoms with van der Waals surface area (Å²) in [4.78, 5) is 23.6. The SMILES string of the molecule is CC(OC(=O)/C=C/c1ccco1)C(=O)Nc1cc(Cl)cc(Cl)c1. The van der Waals surface area contributed by atoms with Gasteiger partial charge in [0.05, 0.1) is 6.26 Å². The largest absolute Gasteiger partial charge is 0.465 e. The fourth-order valence-corrected chi connectivity index (χ4v) is 2.20. The smallest absolute Gasteiger partial charge is 0.331 e. The number of rotatable bonds is 5. The summed E-state index contributed by atoms with van der Waals surface area (Å²) < 4.78 is 10.0. The van der Waals surface area contributed by atoms with Gasteiger partial charge in [0.1, 0.15) is 5.76 Å². The number of esters is 1. The third-order valence-corrected chi connectivity index (χ3v) is 3.16. The van der Waals surface area contributed by atoms with Crippen molar-refractivity contribution in [2.24, 2.45) is 0 Å². The van der Waals surface area contributed by atoms with Crippen LogP contribution in [0, 0.1) is 0 Å². The lowest BCUT2D eigenvalue weighted by atomic mass is 10.3. The Morgan fingerprint density at radius 1 is 1.26 bits per heavy atom. The lowest BCUT2D eigenvalue weighted by Gasteiger charge is -2.12. The van der Waals surface area contributed by atoms with Gasteiger partial charge < -0.3 is 14.5 Å². The van der Waals surface area contributed by atoms with Crippen molar-refractivity contribution in [2.45, 2.75) is 13.0 Å². The first-order valence-electron chi connectivity index (χ1n) is 6.63. The first kappa shape index (κ1) is 17.1. The molecule has 7 heteroatoms. The second kappa shape index (κ2) is 7.85. The van der Waals surface area contributed by atoms with Crippen LogP contribution in [0.2, 0.25) is 10.0 Å². The average Bonchev–Trinajstić information content (AvgIpc) is 2.97. The van der Waals surface area contributed by atoms with Crippen molar-refractivity contribution < 1.29 is 18.7 Å². The van der Waals surface area contributed by atoms with Gasteiger partial charge in [-0.1, -0.05) is 23.2 Å². The molecule has 5 nitrogen and oxygen atoms in total. The Labute approximate surface area is 142 Å². The quantitative estimate of drug-likeness (QED) is 0.646. The van der Waals surface area contributed by atoms with Crippen LogP contribution in [0.4, 0.5) is 5.69 Å². The Kier molecular flexibility index (Phi) is 5.84. The molecule has 0 aliphatic heterocycles. The number of carbonyl (C=O) groups is 2. The number of amides is 1. The average molecular weight is 354 g/mol. The number of halogens is 2. The molecule has 1 atom stereocenters. The van der Waals surface area contributed by atoms with E-state index < -0.39 is 18.0 Å². The van der Waals surface area contributed by atoms with Crippen LogP contribution in [0.3, 0.4) is 0 Å². The third-order valence-electron chi connectivity index (χ3n) is 2.72. The van der Waals surface area contributed by atoms with Crippen LogP contribution < -0.4 is 5.32 Å². The molecular weight excluding hydrogens is 341 g/mol. The lowest BCUT2D eigenvalue weighted by molar-refractivity contribution is -0.148. The summed E-state index contributed by atoms with van der Waals surface area (Å²) in [6.07, 6.45) is 3.13. The van der Waals surface area contributed by atoms with Gasteiger partial charge in [0.2, 0.25) is 0 Å². The number of hydrogen-bond donors (Lipinski definition) is 1. The molecule has 1 aromatic carbocycles. The molecule has 0 fully saturated rings. The molecule has 0 aliphatic carbocycles. The highest BCUT2D eigenvalue weighted by molar-refractivity contribution is 6.35. The molecule has 2 rings (SSSR count). The molecule has 0 saturated heterocycles. The topological polar surface area (TPSA) is 68.5 Å². The van der Waals surface area contributed by atoms with Crippen LogP contribution in [0.25, 0.3) is 6.08 Å². The van der Waals surface area contributed by atoms with Crippen LogP contribution in [-0.4, -0.2) is 18.0 Å². The van der Waals surface area contributed by atoms with Gasteiger partial charge in [0, 0.05) is 21.8 Å². The van der Waals surface area contributed by atoms with Crippen molar-refractivity contribution in [1.29, 1.82) is 0 Å². The molecule has 2 aromatic rings. The standard InChI is InChI=1S/C16H13Cl2NO4/c1-10(23-15(20)5-4-14-3-2-6-22-14)16(21)19-13-8-11(17)7-12(18)9-13/h2-10H,1H3,(H,19,21)/b5-4+. The minimum atomic E-state index is -0.985. The highest BCUT2D eigenvalue weighted by Crippen LogP contribution is 2.22. The number of benzene rings is 1. The highest BCUT2D eigenvalue weighted by atomic mass is 35.5. The van der Waals surface area contributed by atoms with E-state index in [0.29, 0.717) is 21.5 Å². The van der Waals surface area contributed by atoms with Crippen molar-refractivity contribution in [2.75, 3.05) is 5.32 Å². The zero-order chi connectivity index (χ0) is 16.8. The molecule has 1 heterocycles. The van der Waals surface area contributed by atoms with Gasteiger partial charge in [-0.25, -0.2) is 4.79 Å². The second-order valence-electron chi connectivity index (χ2n) is 4.58. The Bertz CT molecular complexity index is 705. The summed E-state index contributed by atoms with van der Waals surface area (Å²) in [5, 5.41) is 3.35. The lowest BCUT2D eigenvalue weighted by Crippen LogP contribution is -2.29. The van der Waals surface area contributed by atoms with E-state index in [-0.39, 0.29) is 0 Å². The van der Waals surface area contributed by atoms with E-state index in [9.17, 15) is 9.59 Å². The maximum Gasteiger partial charge on any atom is 0.331 e. The molecule has 23 heavy (non-hydrogen) atoms. The van der Waals surface area contributed by atoms with Crippen molar-refractivity contribution in [3.63, 3.8) is 0 Å². The Hall–Kier alpha value is -2.24. The van der Waals surface area contributed by atoms with Gasteiger partial charge in [-0.2, -0.15) is 0 Å². The molecular formula is C16H13Cl2NO4. The Morgan fingerprint density at radius 2 is 1.96 bits per heavy atom. The first-order valence-corrected chi connectivity index (χ1v) is 7.39. The molecule has 0 saturated carbocycles. The number of ether oxygens (including phenoxy) is 1. The number of nitrogens with one attached hydrogen (secondary N) is 1. The van der Waals surface area contributed by atoms with Crippen molar-refractivity contribution in [3.8, 4) is 0 Å². The van der Waals surface area contributed by atoms with E-state index in [1.165, 1.54) is 37.5 Å². The van der Waals surface area contributed by atoms with Gasteiger partial charge in [0.25, 0.3) is 5.91 Å². The molecule has 0 radical (unpaired) electrons. The summed E-state index contributed by atoms with van der Waals surface area (Å²) in [5.41, 5.74) is 0.418. The van der Waals surface area contributed by atoms with Crippen molar-refractivity contribution in [3.05, 3.63) is 58.5 Å². The van der Waals surface area contributed by atoms with E-state index in [1.807, 2.05) is 0 Å². The fraction of sp³-hybridized carbons (Fsp3) is 0.125. The van der Waals surface area contributed by atoms with E-state index in [1.54, 1.807) is 18.2 Å². The van der Waals surface area contributed by atoms with Gasteiger partial charge in [0.15, 0.2) is 6.10 Å². The molecule has 120 valence electrons. The minimum absolute atomic E-state index is 0.388. The summed E-state index contributed by atoms with van der Waals surface area (Å²) in [5.74, 6) is -0.649. The van der Waals surface area contributed by atoms with Crippen LogP contribution in [0.1, 0.15) is 12.7 Å². The van der Waals surface area contributed by atoms with E-state index in [0.717, 1.165) is 0 Å². The number of carbonyl (C=O) groups excluding carboxylic acids is 2. The summed E-state index contributed by atoms with van der Waals surface area (Å²) >= 11 is 11.7. The number of anilines is 1. The predicted molar refractivity (Wildman–Crippen MR) is 88.4 cm³/mol.